The molecule has 5 nitrogen and oxygen atoms in total. The van der Waals surface area contributed by atoms with Crippen LogP contribution in [0.15, 0.2) is 18.2 Å². The highest BCUT2D eigenvalue weighted by atomic mass is 16.2. The van der Waals surface area contributed by atoms with Crippen LogP contribution in [0.25, 0.3) is 0 Å². The van der Waals surface area contributed by atoms with Crippen LogP contribution >= 0.6 is 0 Å². The lowest BCUT2D eigenvalue weighted by Gasteiger charge is -2.38. The molecule has 1 aromatic rings. The monoisotopic (exact) mass is 290 g/mol. The van der Waals surface area contributed by atoms with Crippen LogP contribution in [0.5, 0.6) is 0 Å². The Balaban J connectivity index is 2.26. The van der Waals surface area contributed by atoms with Crippen molar-refractivity contribution in [1.82, 2.24) is 9.80 Å². The van der Waals surface area contributed by atoms with E-state index in [1.54, 1.807) is 25.1 Å². The number of piperidine rings is 1. The van der Waals surface area contributed by atoms with Gasteiger partial charge >= 0.3 is 0 Å². The predicted molar refractivity (Wildman–Crippen MR) is 87.8 cm³/mol. The average Bonchev–Trinajstić information content (AvgIpc) is 2.47. The molecule has 0 saturated carbocycles. The van der Waals surface area contributed by atoms with Crippen molar-refractivity contribution >= 4 is 17.3 Å². The Morgan fingerprint density at radius 2 is 2.00 bits per heavy atom. The molecule has 1 fully saturated rings. The molecule has 2 N–H and O–H groups in total. The first-order chi connectivity index (χ1) is 9.90. The van der Waals surface area contributed by atoms with Gasteiger partial charge in [0, 0.05) is 38.8 Å². The van der Waals surface area contributed by atoms with Gasteiger partial charge in [0.05, 0.1) is 11.4 Å². The van der Waals surface area contributed by atoms with Crippen LogP contribution < -0.4 is 10.6 Å². The van der Waals surface area contributed by atoms with Crippen molar-refractivity contribution in [1.29, 1.82) is 0 Å². The zero-order valence-electron chi connectivity index (χ0n) is 13.5. The molecule has 0 aliphatic carbocycles. The first-order valence-electron chi connectivity index (χ1n) is 7.42. The van der Waals surface area contributed by atoms with E-state index in [2.05, 4.69) is 23.9 Å². The van der Waals surface area contributed by atoms with Gasteiger partial charge in [-0.2, -0.15) is 0 Å². The highest BCUT2D eigenvalue weighted by molar-refractivity contribution is 5.96. The molecule has 116 valence electrons. The van der Waals surface area contributed by atoms with Crippen LogP contribution in [0.2, 0.25) is 0 Å². The smallest absolute Gasteiger partial charge is 0.253 e. The fraction of sp³-hybridized carbons (Fsp3) is 0.562. The summed E-state index contributed by atoms with van der Waals surface area (Å²) in [4.78, 5) is 18.3. The van der Waals surface area contributed by atoms with E-state index in [1.165, 1.54) is 6.42 Å². The van der Waals surface area contributed by atoms with Gasteiger partial charge in [0.25, 0.3) is 5.91 Å². The lowest BCUT2D eigenvalue weighted by atomic mass is 10.0. The van der Waals surface area contributed by atoms with Crippen LogP contribution in [0.4, 0.5) is 11.4 Å². The minimum absolute atomic E-state index is 0.0115. The third-order valence-electron chi connectivity index (χ3n) is 4.15. The molecule has 1 aromatic carbocycles. The Bertz CT molecular complexity index is 513. The highest BCUT2D eigenvalue weighted by Gasteiger charge is 2.23. The van der Waals surface area contributed by atoms with E-state index in [0.29, 0.717) is 11.6 Å². The van der Waals surface area contributed by atoms with Crippen molar-refractivity contribution in [2.45, 2.75) is 18.9 Å². The molecule has 0 spiro atoms. The Hall–Kier alpha value is -1.75. The van der Waals surface area contributed by atoms with Crippen molar-refractivity contribution in [3.8, 4) is 0 Å². The first kappa shape index (κ1) is 15.6. The summed E-state index contributed by atoms with van der Waals surface area (Å²) < 4.78 is 0. The summed E-state index contributed by atoms with van der Waals surface area (Å²) in [6.07, 6.45) is 2.36. The van der Waals surface area contributed by atoms with E-state index in [1.807, 2.05) is 12.1 Å². The summed E-state index contributed by atoms with van der Waals surface area (Å²) in [5, 5.41) is 0. The number of carbonyl (C=O) groups excluding carboxylic acids is 1. The van der Waals surface area contributed by atoms with Crippen LogP contribution in [0.1, 0.15) is 23.2 Å². The fourth-order valence-electron chi connectivity index (χ4n) is 2.80. The summed E-state index contributed by atoms with van der Waals surface area (Å²) in [5.74, 6) is 0.0115. The number of likely N-dealkylation sites (N-methyl/N-ethyl adjacent to an activating group) is 1. The standard InChI is InChI=1S/C16H26N4O/c1-18(2)13-6-5-9-20(11-13)15-10-12(7-8-14(15)17)16(21)19(3)4/h7-8,10,13H,5-6,9,11,17H2,1-4H3. The zero-order chi connectivity index (χ0) is 15.6. The number of anilines is 2. The number of nitrogen functional groups attached to an aromatic ring is 1. The van der Waals surface area contributed by atoms with Gasteiger partial charge in [-0.3, -0.25) is 4.79 Å². The van der Waals surface area contributed by atoms with Crippen molar-refractivity contribution in [2.75, 3.05) is 51.9 Å². The summed E-state index contributed by atoms with van der Waals surface area (Å²) in [6, 6.07) is 6.10. The predicted octanol–water partition coefficient (Wildman–Crippen LogP) is 1.50. The molecule has 0 aromatic heterocycles. The van der Waals surface area contributed by atoms with E-state index in [-0.39, 0.29) is 5.91 Å². The molecule has 1 saturated heterocycles. The second kappa shape index (κ2) is 6.35. The van der Waals surface area contributed by atoms with Crippen LogP contribution in [-0.4, -0.2) is 63.0 Å². The molecular formula is C16H26N4O. The van der Waals surface area contributed by atoms with Crippen molar-refractivity contribution in [3.05, 3.63) is 23.8 Å². The molecule has 0 radical (unpaired) electrons. The molecule has 1 amide bonds. The number of rotatable bonds is 3. The number of amides is 1. The highest BCUT2D eigenvalue weighted by Crippen LogP contribution is 2.28. The molecule has 1 heterocycles. The largest absolute Gasteiger partial charge is 0.397 e. The summed E-state index contributed by atoms with van der Waals surface area (Å²) in [6.45, 7) is 1.95. The van der Waals surface area contributed by atoms with E-state index < -0.39 is 0 Å². The van der Waals surface area contributed by atoms with Gasteiger partial charge in [0.15, 0.2) is 0 Å². The van der Waals surface area contributed by atoms with Gasteiger partial charge < -0.3 is 20.4 Å². The van der Waals surface area contributed by atoms with E-state index in [4.69, 9.17) is 5.73 Å². The maximum atomic E-state index is 12.1. The molecule has 1 unspecified atom stereocenters. The van der Waals surface area contributed by atoms with Gasteiger partial charge in [0.1, 0.15) is 0 Å². The quantitative estimate of drug-likeness (QED) is 0.857. The van der Waals surface area contributed by atoms with Gasteiger partial charge in [-0.1, -0.05) is 0 Å². The maximum absolute atomic E-state index is 12.1. The normalized spacial score (nSPS) is 18.9. The molecule has 0 bridgehead atoms. The Kier molecular flexibility index (Phi) is 4.73. The molecule has 21 heavy (non-hydrogen) atoms. The minimum atomic E-state index is 0.0115. The number of benzene rings is 1. The number of nitrogens with zero attached hydrogens (tertiary/aromatic N) is 3. The summed E-state index contributed by atoms with van der Waals surface area (Å²) in [5.41, 5.74) is 8.55. The average molecular weight is 290 g/mol. The Labute approximate surface area is 127 Å². The van der Waals surface area contributed by atoms with Crippen molar-refractivity contribution in [3.63, 3.8) is 0 Å². The van der Waals surface area contributed by atoms with Gasteiger partial charge in [-0.25, -0.2) is 0 Å². The number of carbonyl (C=O) groups is 1. The van der Waals surface area contributed by atoms with Gasteiger partial charge in [-0.15, -0.1) is 0 Å². The second-order valence-corrected chi connectivity index (χ2v) is 6.18. The Morgan fingerprint density at radius 3 is 2.62 bits per heavy atom. The van der Waals surface area contributed by atoms with E-state index in [0.717, 1.165) is 30.9 Å². The van der Waals surface area contributed by atoms with Gasteiger partial charge in [0.2, 0.25) is 0 Å². The van der Waals surface area contributed by atoms with E-state index in [9.17, 15) is 4.79 Å². The number of hydrogen-bond acceptors (Lipinski definition) is 4. The zero-order valence-corrected chi connectivity index (χ0v) is 13.5. The van der Waals surface area contributed by atoms with Crippen molar-refractivity contribution < 1.29 is 4.79 Å². The third-order valence-corrected chi connectivity index (χ3v) is 4.15. The van der Waals surface area contributed by atoms with Crippen LogP contribution in [0, 0.1) is 0 Å². The number of nitrogens with two attached hydrogens (primary N) is 1. The molecule has 1 aliphatic heterocycles. The van der Waals surface area contributed by atoms with Crippen LogP contribution in [0.3, 0.4) is 0 Å². The molecular weight excluding hydrogens is 264 g/mol. The lowest BCUT2D eigenvalue weighted by Crippen LogP contribution is -2.45. The fourth-order valence-corrected chi connectivity index (χ4v) is 2.80. The molecule has 2 rings (SSSR count). The SMILES string of the molecule is CN(C)C(=O)c1ccc(N)c(N2CCCC(N(C)C)C2)c1. The topological polar surface area (TPSA) is 52.8 Å². The van der Waals surface area contributed by atoms with E-state index >= 15 is 0 Å². The molecule has 5 heteroatoms. The maximum Gasteiger partial charge on any atom is 0.253 e. The van der Waals surface area contributed by atoms with Crippen LogP contribution in [-0.2, 0) is 0 Å². The second-order valence-electron chi connectivity index (χ2n) is 6.18. The number of hydrogen-bond donors (Lipinski definition) is 1. The molecule has 1 atom stereocenters. The summed E-state index contributed by atoms with van der Waals surface area (Å²) >= 11 is 0. The minimum Gasteiger partial charge on any atom is -0.397 e. The van der Waals surface area contributed by atoms with Gasteiger partial charge in [-0.05, 0) is 45.1 Å². The molecule has 1 aliphatic rings. The Morgan fingerprint density at radius 1 is 1.29 bits per heavy atom. The van der Waals surface area contributed by atoms with Crippen molar-refractivity contribution in [2.24, 2.45) is 0 Å². The third kappa shape index (κ3) is 3.47. The summed E-state index contributed by atoms with van der Waals surface area (Å²) in [7, 11) is 7.76. The lowest BCUT2D eigenvalue weighted by molar-refractivity contribution is 0.0827. The first-order valence-corrected chi connectivity index (χ1v) is 7.42.